The first-order valence-corrected chi connectivity index (χ1v) is 15.4. The van der Waals surface area contributed by atoms with Crippen LogP contribution in [0.5, 0.6) is 0 Å². The highest BCUT2D eigenvalue weighted by atomic mass is 32.2. The molecule has 0 saturated carbocycles. The maximum atomic E-state index is 14.2. The second kappa shape index (κ2) is 11.2. The molecule has 0 aliphatic carbocycles. The number of rotatable bonds is 10. The fourth-order valence-corrected chi connectivity index (χ4v) is 6.54. The first-order chi connectivity index (χ1) is 18.0. The summed E-state index contributed by atoms with van der Waals surface area (Å²) in [6.07, 6.45) is 2.23. The summed E-state index contributed by atoms with van der Waals surface area (Å²) in [6, 6.07) is 15.6. The van der Waals surface area contributed by atoms with Gasteiger partial charge in [-0.15, -0.1) is 11.3 Å². The number of fused-ring (bicyclic) bond motifs is 1. The van der Waals surface area contributed by atoms with Crippen LogP contribution >= 0.6 is 11.3 Å². The highest BCUT2D eigenvalue weighted by Crippen LogP contribution is 2.39. The van der Waals surface area contributed by atoms with E-state index in [9.17, 15) is 22.8 Å². The van der Waals surface area contributed by atoms with Gasteiger partial charge >= 0.3 is 0 Å². The largest absolute Gasteiger partial charge is 0.336 e. The van der Waals surface area contributed by atoms with E-state index >= 15 is 0 Å². The lowest BCUT2D eigenvalue weighted by molar-refractivity contribution is -0.152. The average Bonchev–Trinajstić information content (AvgIpc) is 3.26. The first kappa shape index (κ1) is 27.8. The number of hydrogen-bond acceptors (Lipinski definition) is 6. The van der Waals surface area contributed by atoms with Crippen molar-refractivity contribution in [2.75, 3.05) is 19.3 Å². The van der Waals surface area contributed by atoms with Gasteiger partial charge in [-0.05, 0) is 37.8 Å². The standard InChI is InChI=1S/C28H33N3O5S2/c1-4-28(14-16-31(28)26(33)23-19-37-24-12-6-5-11-22(23)24)27(34)30(18-21-10-7-9-20(2)17-21)15-8-13-25(32)29-38(3,35)36/h5-7,9-12,17,19H,4,8,13-16,18H2,1-3H3,(H,29,32). The monoisotopic (exact) mass is 555 g/mol. The Morgan fingerprint density at radius 2 is 1.89 bits per heavy atom. The number of nitrogens with zero attached hydrogens (tertiary/aromatic N) is 2. The summed E-state index contributed by atoms with van der Waals surface area (Å²) in [5.41, 5.74) is 1.67. The van der Waals surface area contributed by atoms with Gasteiger partial charge in [0.15, 0.2) is 0 Å². The molecule has 10 heteroatoms. The van der Waals surface area contributed by atoms with Crippen LogP contribution in [0.15, 0.2) is 53.9 Å². The molecule has 0 radical (unpaired) electrons. The fourth-order valence-electron chi connectivity index (χ4n) is 5.09. The molecule has 1 fully saturated rings. The van der Waals surface area contributed by atoms with Crippen molar-refractivity contribution < 1.29 is 22.8 Å². The molecule has 2 aromatic carbocycles. The zero-order valence-corrected chi connectivity index (χ0v) is 23.5. The topological polar surface area (TPSA) is 104 Å². The highest BCUT2D eigenvalue weighted by Gasteiger charge is 2.53. The van der Waals surface area contributed by atoms with Crippen molar-refractivity contribution in [3.63, 3.8) is 0 Å². The molecule has 1 aromatic heterocycles. The van der Waals surface area contributed by atoms with E-state index in [1.165, 1.54) is 11.3 Å². The summed E-state index contributed by atoms with van der Waals surface area (Å²) in [5.74, 6) is -0.901. The third kappa shape index (κ3) is 5.91. The van der Waals surface area contributed by atoms with E-state index in [-0.39, 0.29) is 24.8 Å². The lowest BCUT2D eigenvalue weighted by Crippen LogP contribution is -2.69. The van der Waals surface area contributed by atoms with Gasteiger partial charge in [-0.2, -0.15) is 0 Å². The van der Waals surface area contributed by atoms with Gasteiger partial charge in [-0.25, -0.2) is 8.42 Å². The SMILES string of the molecule is CCC1(C(=O)N(CCCC(=O)NS(C)(=O)=O)Cc2cccc(C)c2)CCN1C(=O)c1csc2ccccc12. The molecule has 1 unspecified atom stereocenters. The first-order valence-electron chi connectivity index (χ1n) is 12.7. The lowest BCUT2D eigenvalue weighted by atomic mass is 9.79. The summed E-state index contributed by atoms with van der Waals surface area (Å²) in [5, 5.41) is 2.75. The Kier molecular flexibility index (Phi) is 8.22. The number of benzene rings is 2. The van der Waals surface area contributed by atoms with Crippen LogP contribution in [-0.2, 0) is 26.2 Å². The predicted molar refractivity (Wildman–Crippen MR) is 149 cm³/mol. The Hall–Kier alpha value is -3.24. The van der Waals surface area contributed by atoms with Gasteiger partial charge in [-0.1, -0.05) is 55.0 Å². The Bertz CT molecular complexity index is 1460. The van der Waals surface area contributed by atoms with E-state index in [2.05, 4.69) is 0 Å². The molecule has 1 aliphatic rings. The summed E-state index contributed by atoms with van der Waals surface area (Å²) >= 11 is 1.51. The Morgan fingerprint density at radius 1 is 1.13 bits per heavy atom. The predicted octanol–water partition coefficient (Wildman–Crippen LogP) is 4.09. The third-order valence-electron chi connectivity index (χ3n) is 7.08. The summed E-state index contributed by atoms with van der Waals surface area (Å²) < 4.78 is 25.8. The molecule has 1 N–H and O–H groups in total. The lowest BCUT2D eigenvalue weighted by Gasteiger charge is -2.52. The molecular weight excluding hydrogens is 522 g/mol. The highest BCUT2D eigenvalue weighted by molar-refractivity contribution is 7.89. The van der Waals surface area contributed by atoms with Crippen molar-refractivity contribution in [1.82, 2.24) is 14.5 Å². The van der Waals surface area contributed by atoms with Gasteiger partial charge in [-0.3, -0.25) is 19.1 Å². The molecule has 1 atom stereocenters. The van der Waals surface area contributed by atoms with Crippen molar-refractivity contribution in [3.8, 4) is 0 Å². The van der Waals surface area contributed by atoms with E-state index in [1.807, 2.05) is 72.5 Å². The molecule has 2 heterocycles. The number of sulfonamides is 1. The van der Waals surface area contributed by atoms with Crippen LogP contribution in [0.1, 0.15) is 54.1 Å². The molecule has 202 valence electrons. The second-order valence-corrected chi connectivity index (χ2v) is 12.5. The molecular formula is C28H33N3O5S2. The number of carbonyl (C=O) groups excluding carboxylic acids is 3. The number of aryl methyl sites for hydroxylation is 1. The number of thiophene rings is 1. The molecule has 38 heavy (non-hydrogen) atoms. The van der Waals surface area contributed by atoms with Crippen molar-refractivity contribution in [1.29, 1.82) is 0 Å². The van der Waals surface area contributed by atoms with Crippen LogP contribution in [0, 0.1) is 6.92 Å². The van der Waals surface area contributed by atoms with Gasteiger partial charge in [0.2, 0.25) is 21.8 Å². The Balaban J connectivity index is 1.57. The van der Waals surface area contributed by atoms with E-state index < -0.39 is 21.5 Å². The number of nitrogens with one attached hydrogen (secondary N) is 1. The summed E-state index contributed by atoms with van der Waals surface area (Å²) in [6.45, 7) is 5.00. The molecule has 1 aliphatic heterocycles. The van der Waals surface area contributed by atoms with Crippen molar-refractivity contribution >= 4 is 49.2 Å². The molecule has 4 rings (SSSR count). The van der Waals surface area contributed by atoms with Crippen LogP contribution in [0.25, 0.3) is 10.1 Å². The minimum Gasteiger partial charge on any atom is -0.336 e. The van der Waals surface area contributed by atoms with Gasteiger partial charge < -0.3 is 9.80 Å². The minimum absolute atomic E-state index is 0.0344. The number of amides is 3. The molecule has 3 amide bonds. The van der Waals surface area contributed by atoms with Crippen LogP contribution in [0.2, 0.25) is 0 Å². The van der Waals surface area contributed by atoms with Crippen LogP contribution in [0.4, 0.5) is 0 Å². The average molecular weight is 556 g/mol. The Labute approximate surface area is 227 Å². The maximum Gasteiger partial charge on any atom is 0.256 e. The van der Waals surface area contributed by atoms with Crippen LogP contribution in [-0.4, -0.2) is 60.8 Å². The fraction of sp³-hybridized carbons (Fsp3) is 0.393. The van der Waals surface area contributed by atoms with E-state index in [1.54, 1.807) is 9.80 Å². The molecule has 0 spiro atoms. The van der Waals surface area contributed by atoms with Crippen molar-refractivity contribution in [2.24, 2.45) is 0 Å². The maximum absolute atomic E-state index is 14.2. The van der Waals surface area contributed by atoms with Gasteiger partial charge in [0.05, 0.1) is 11.8 Å². The number of carbonyl (C=O) groups is 3. The Morgan fingerprint density at radius 3 is 2.55 bits per heavy atom. The smallest absolute Gasteiger partial charge is 0.256 e. The van der Waals surface area contributed by atoms with Gasteiger partial charge in [0.1, 0.15) is 5.54 Å². The summed E-state index contributed by atoms with van der Waals surface area (Å²) in [4.78, 5) is 43.3. The quantitative estimate of drug-likeness (QED) is 0.406. The van der Waals surface area contributed by atoms with Crippen LogP contribution < -0.4 is 4.72 Å². The zero-order valence-electron chi connectivity index (χ0n) is 21.9. The zero-order chi connectivity index (χ0) is 27.5. The number of hydrogen-bond donors (Lipinski definition) is 1. The van der Waals surface area contributed by atoms with Gasteiger partial charge in [0.25, 0.3) is 5.91 Å². The van der Waals surface area contributed by atoms with Gasteiger partial charge in [0, 0.05) is 41.5 Å². The summed E-state index contributed by atoms with van der Waals surface area (Å²) in [7, 11) is -3.64. The van der Waals surface area contributed by atoms with Crippen LogP contribution in [0.3, 0.4) is 0 Å². The molecule has 3 aromatic rings. The van der Waals surface area contributed by atoms with E-state index in [4.69, 9.17) is 0 Å². The van der Waals surface area contributed by atoms with Crippen molar-refractivity contribution in [3.05, 3.63) is 70.6 Å². The molecule has 1 saturated heterocycles. The minimum atomic E-state index is -3.64. The van der Waals surface area contributed by atoms with Crippen molar-refractivity contribution in [2.45, 2.75) is 51.6 Å². The molecule has 0 bridgehead atoms. The second-order valence-electron chi connectivity index (χ2n) is 9.85. The van der Waals surface area contributed by atoms with E-state index in [0.717, 1.165) is 27.5 Å². The van der Waals surface area contributed by atoms with E-state index in [0.29, 0.717) is 37.9 Å². The molecule has 8 nitrogen and oxygen atoms in total. The number of likely N-dealkylation sites (tertiary alicyclic amines) is 1. The third-order valence-corrected chi connectivity index (χ3v) is 8.64. The normalized spacial score (nSPS) is 17.2.